The summed E-state index contributed by atoms with van der Waals surface area (Å²) in [7, 11) is 0. The summed E-state index contributed by atoms with van der Waals surface area (Å²) in [5.74, 6) is -0.721. The zero-order chi connectivity index (χ0) is 12.0. The number of carboxylic acids is 1. The summed E-state index contributed by atoms with van der Waals surface area (Å²) in [5, 5.41) is 8.51. The van der Waals surface area contributed by atoms with Crippen molar-refractivity contribution < 1.29 is 9.90 Å². The van der Waals surface area contributed by atoms with Gasteiger partial charge in [-0.25, -0.2) is 0 Å². The van der Waals surface area contributed by atoms with Crippen molar-refractivity contribution in [1.82, 2.24) is 0 Å². The minimum absolute atomic E-state index is 0.248. The maximum absolute atomic E-state index is 10.3. The molecule has 0 aliphatic rings. The van der Waals surface area contributed by atoms with Gasteiger partial charge in [0.25, 0.3) is 0 Å². The summed E-state index contributed by atoms with van der Waals surface area (Å²) in [5.41, 5.74) is 3.68. The lowest BCUT2D eigenvalue weighted by atomic mass is 10.0. The molecule has 0 spiro atoms. The van der Waals surface area contributed by atoms with Gasteiger partial charge in [0, 0.05) is 6.42 Å². The molecule has 0 saturated heterocycles. The third-order valence-corrected chi connectivity index (χ3v) is 2.52. The second kappa shape index (κ2) is 6.11. The van der Waals surface area contributed by atoms with Crippen LogP contribution in [0, 0.1) is 6.92 Å². The molecule has 0 saturated carbocycles. The Morgan fingerprint density at radius 2 is 2.19 bits per heavy atom. The maximum atomic E-state index is 10.3. The molecule has 0 radical (unpaired) electrons. The lowest BCUT2D eigenvalue weighted by Gasteiger charge is -2.02. The van der Waals surface area contributed by atoms with E-state index in [1.165, 1.54) is 16.7 Å². The van der Waals surface area contributed by atoms with Crippen molar-refractivity contribution in [2.75, 3.05) is 0 Å². The number of carboxylic acid groups (broad SMARTS) is 1. The van der Waals surface area contributed by atoms with Gasteiger partial charge in [-0.2, -0.15) is 0 Å². The Balaban J connectivity index is 2.53. The fourth-order valence-corrected chi connectivity index (χ4v) is 1.58. The first-order chi connectivity index (χ1) is 7.59. The van der Waals surface area contributed by atoms with Crippen molar-refractivity contribution in [3.63, 3.8) is 0 Å². The van der Waals surface area contributed by atoms with Gasteiger partial charge in [0.15, 0.2) is 0 Å². The molecule has 2 heteroatoms. The van der Waals surface area contributed by atoms with Gasteiger partial charge in [-0.05, 0) is 37.8 Å². The Kier molecular flexibility index (Phi) is 4.77. The van der Waals surface area contributed by atoms with E-state index in [0.29, 0.717) is 6.42 Å². The number of allylic oxidation sites excluding steroid dienone is 2. The van der Waals surface area contributed by atoms with Crippen molar-refractivity contribution >= 4 is 11.5 Å². The molecule has 1 aromatic rings. The summed E-state index contributed by atoms with van der Waals surface area (Å²) in [6.45, 7) is 4.14. The van der Waals surface area contributed by atoms with Crippen LogP contribution in [0.2, 0.25) is 0 Å². The number of aryl methyl sites for hydroxylation is 1. The molecule has 0 unspecified atom stereocenters. The minimum atomic E-state index is -0.721. The van der Waals surface area contributed by atoms with E-state index >= 15 is 0 Å². The molecule has 1 rings (SSSR count). The highest BCUT2D eigenvalue weighted by Gasteiger charge is 1.97. The van der Waals surface area contributed by atoms with Crippen molar-refractivity contribution in [2.24, 2.45) is 0 Å². The number of hydrogen-bond donors (Lipinski definition) is 1. The highest BCUT2D eigenvalue weighted by Crippen LogP contribution is 2.16. The molecule has 0 atom stereocenters. The Morgan fingerprint density at radius 1 is 1.44 bits per heavy atom. The monoisotopic (exact) mass is 218 g/mol. The molecule has 1 aromatic carbocycles. The lowest BCUT2D eigenvalue weighted by molar-refractivity contribution is -0.137. The van der Waals surface area contributed by atoms with Gasteiger partial charge in [-0.1, -0.05) is 35.9 Å². The van der Waals surface area contributed by atoms with Gasteiger partial charge in [-0.15, -0.1) is 0 Å². The molecule has 0 aliphatic carbocycles. The number of rotatable bonds is 5. The predicted molar refractivity (Wildman–Crippen MR) is 66.3 cm³/mol. The van der Waals surface area contributed by atoms with E-state index in [2.05, 4.69) is 38.1 Å². The first-order valence-corrected chi connectivity index (χ1v) is 5.55. The van der Waals surface area contributed by atoms with E-state index in [1.807, 2.05) is 6.07 Å². The standard InChI is InChI=1S/C14H18O2/c1-11-6-5-8-13(10-11)12(2)7-3-4-9-14(15)16/h5-8,10H,3-4,9H2,1-2H3,(H,15,16)/b12-7+. The number of carbonyl (C=O) groups is 1. The van der Waals surface area contributed by atoms with Crippen LogP contribution in [0.25, 0.3) is 5.57 Å². The smallest absolute Gasteiger partial charge is 0.303 e. The normalized spacial score (nSPS) is 11.5. The van der Waals surface area contributed by atoms with Gasteiger partial charge >= 0.3 is 5.97 Å². The molecular formula is C14H18O2. The van der Waals surface area contributed by atoms with E-state index in [1.54, 1.807) is 0 Å². The van der Waals surface area contributed by atoms with Gasteiger partial charge in [0.05, 0.1) is 0 Å². The second-order valence-electron chi connectivity index (χ2n) is 4.04. The van der Waals surface area contributed by atoms with Crippen LogP contribution in [0.15, 0.2) is 30.3 Å². The van der Waals surface area contributed by atoms with Crippen LogP contribution in [-0.4, -0.2) is 11.1 Å². The lowest BCUT2D eigenvalue weighted by Crippen LogP contribution is -1.92. The fourth-order valence-electron chi connectivity index (χ4n) is 1.58. The quantitative estimate of drug-likeness (QED) is 0.766. The summed E-state index contributed by atoms with van der Waals surface area (Å²) in [6, 6.07) is 8.33. The van der Waals surface area contributed by atoms with Crippen LogP contribution >= 0.6 is 0 Å². The summed E-state index contributed by atoms with van der Waals surface area (Å²) < 4.78 is 0. The van der Waals surface area contributed by atoms with Crippen molar-refractivity contribution in [3.8, 4) is 0 Å². The first-order valence-electron chi connectivity index (χ1n) is 5.55. The van der Waals surface area contributed by atoms with Crippen LogP contribution in [0.5, 0.6) is 0 Å². The number of hydrogen-bond acceptors (Lipinski definition) is 1. The molecule has 0 amide bonds. The van der Waals surface area contributed by atoms with E-state index in [9.17, 15) is 4.79 Å². The minimum Gasteiger partial charge on any atom is -0.481 e. The highest BCUT2D eigenvalue weighted by molar-refractivity contribution is 5.67. The largest absolute Gasteiger partial charge is 0.481 e. The number of benzene rings is 1. The molecule has 0 fully saturated rings. The zero-order valence-electron chi connectivity index (χ0n) is 9.86. The molecule has 86 valence electrons. The molecule has 2 nitrogen and oxygen atoms in total. The molecule has 0 bridgehead atoms. The average Bonchev–Trinajstić information content (AvgIpc) is 2.24. The van der Waals surface area contributed by atoms with Crippen LogP contribution in [0.3, 0.4) is 0 Å². The molecule has 0 aliphatic heterocycles. The van der Waals surface area contributed by atoms with Gasteiger partial charge < -0.3 is 5.11 Å². The third-order valence-electron chi connectivity index (χ3n) is 2.52. The van der Waals surface area contributed by atoms with Crippen LogP contribution < -0.4 is 0 Å². The number of unbranched alkanes of at least 4 members (excludes halogenated alkanes) is 1. The Labute approximate surface area is 96.6 Å². The first kappa shape index (κ1) is 12.5. The topological polar surface area (TPSA) is 37.3 Å². The third kappa shape index (κ3) is 4.30. The second-order valence-corrected chi connectivity index (χ2v) is 4.04. The Morgan fingerprint density at radius 3 is 2.81 bits per heavy atom. The van der Waals surface area contributed by atoms with Crippen molar-refractivity contribution in [1.29, 1.82) is 0 Å². The van der Waals surface area contributed by atoms with E-state index in [0.717, 1.165) is 6.42 Å². The van der Waals surface area contributed by atoms with Crippen molar-refractivity contribution in [2.45, 2.75) is 33.1 Å². The van der Waals surface area contributed by atoms with Crippen LogP contribution in [-0.2, 0) is 4.79 Å². The number of aliphatic carboxylic acids is 1. The maximum Gasteiger partial charge on any atom is 0.303 e. The van der Waals surface area contributed by atoms with E-state index in [4.69, 9.17) is 5.11 Å². The summed E-state index contributed by atoms with van der Waals surface area (Å²) in [6.07, 6.45) is 3.89. The van der Waals surface area contributed by atoms with Gasteiger partial charge in [0.1, 0.15) is 0 Å². The van der Waals surface area contributed by atoms with Gasteiger partial charge in [-0.3, -0.25) is 4.79 Å². The Hall–Kier alpha value is -1.57. The van der Waals surface area contributed by atoms with Crippen LogP contribution in [0.4, 0.5) is 0 Å². The fraction of sp³-hybridized carbons (Fsp3) is 0.357. The predicted octanol–water partition coefficient (Wildman–Crippen LogP) is 3.65. The summed E-state index contributed by atoms with van der Waals surface area (Å²) >= 11 is 0. The van der Waals surface area contributed by atoms with Crippen LogP contribution in [0.1, 0.15) is 37.3 Å². The van der Waals surface area contributed by atoms with E-state index in [-0.39, 0.29) is 6.42 Å². The summed E-state index contributed by atoms with van der Waals surface area (Å²) in [4.78, 5) is 10.3. The molecule has 16 heavy (non-hydrogen) atoms. The zero-order valence-corrected chi connectivity index (χ0v) is 9.86. The van der Waals surface area contributed by atoms with E-state index < -0.39 is 5.97 Å². The molecule has 1 N–H and O–H groups in total. The molecule has 0 heterocycles. The highest BCUT2D eigenvalue weighted by atomic mass is 16.4. The Bertz CT molecular complexity index is 391. The molecule has 0 aromatic heterocycles. The van der Waals surface area contributed by atoms with Gasteiger partial charge in [0.2, 0.25) is 0 Å². The van der Waals surface area contributed by atoms with Crippen molar-refractivity contribution in [3.05, 3.63) is 41.5 Å². The molecular weight excluding hydrogens is 200 g/mol. The average molecular weight is 218 g/mol. The SMILES string of the molecule is C/C(=C\CCCC(=O)O)c1cccc(C)c1.